The number of hydrogen-bond acceptors (Lipinski definition) is 3. The molecule has 0 saturated heterocycles. The van der Waals surface area contributed by atoms with E-state index in [2.05, 4.69) is 41.4 Å². The molecule has 2 aromatic rings. The van der Waals surface area contributed by atoms with Crippen molar-refractivity contribution >= 4 is 29.4 Å². The van der Waals surface area contributed by atoms with Gasteiger partial charge in [-0.1, -0.05) is 49.7 Å². The summed E-state index contributed by atoms with van der Waals surface area (Å²) in [6, 6.07) is 15.1. The van der Waals surface area contributed by atoms with E-state index in [1.807, 2.05) is 12.1 Å². The van der Waals surface area contributed by atoms with Gasteiger partial charge in [0.05, 0.1) is 16.8 Å². The maximum Gasteiger partial charge on any atom is 0.272 e. The van der Waals surface area contributed by atoms with Crippen molar-refractivity contribution in [3.8, 4) is 0 Å². The van der Waals surface area contributed by atoms with Crippen molar-refractivity contribution in [3.63, 3.8) is 0 Å². The number of carbonyl (C=O) groups is 1. The second-order valence-corrected chi connectivity index (χ2v) is 6.16. The summed E-state index contributed by atoms with van der Waals surface area (Å²) in [5.74, 6) is -0.324. The smallest absolute Gasteiger partial charge is 0.272 e. The van der Waals surface area contributed by atoms with Crippen LogP contribution in [0.5, 0.6) is 0 Å². The van der Waals surface area contributed by atoms with Crippen LogP contribution in [0, 0.1) is 0 Å². The number of hydrogen-bond donors (Lipinski definition) is 1. The first-order valence-electron chi connectivity index (χ1n) is 8.58. The Balaban J connectivity index is 1.97. The zero-order valence-electron chi connectivity index (χ0n) is 14.7. The van der Waals surface area contributed by atoms with Gasteiger partial charge in [0.2, 0.25) is 0 Å². The van der Waals surface area contributed by atoms with Gasteiger partial charge in [0.25, 0.3) is 5.91 Å². The summed E-state index contributed by atoms with van der Waals surface area (Å²) in [6.45, 7) is 6.47. The molecular weight excluding hydrogens is 334 g/mol. The lowest BCUT2D eigenvalue weighted by atomic mass is 10.2. The minimum atomic E-state index is -0.324. The Hall–Kier alpha value is -2.33. The summed E-state index contributed by atoms with van der Waals surface area (Å²) >= 11 is 6.00. The summed E-state index contributed by atoms with van der Waals surface area (Å²) < 4.78 is 0. The van der Waals surface area contributed by atoms with Crippen molar-refractivity contribution < 1.29 is 4.79 Å². The van der Waals surface area contributed by atoms with Crippen molar-refractivity contribution in [2.75, 3.05) is 18.0 Å². The second-order valence-electron chi connectivity index (χ2n) is 5.76. The second kappa shape index (κ2) is 9.84. The fraction of sp³-hybridized carbons (Fsp3) is 0.300. The molecule has 0 atom stereocenters. The molecule has 0 radical (unpaired) electrons. The number of anilines is 1. The van der Waals surface area contributed by atoms with E-state index in [1.54, 1.807) is 30.5 Å². The fourth-order valence-electron chi connectivity index (χ4n) is 2.55. The third kappa shape index (κ3) is 5.61. The lowest BCUT2D eigenvalue weighted by molar-refractivity contribution is 0.0955. The van der Waals surface area contributed by atoms with E-state index in [0.29, 0.717) is 10.6 Å². The molecule has 0 spiro atoms. The molecule has 0 saturated carbocycles. The predicted octanol–water partition coefficient (Wildman–Crippen LogP) is 4.73. The average molecular weight is 358 g/mol. The lowest BCUT2D eigenvalue weighted by Crippen LogP contribution is -2.24. The van der Waals surface area contributed by atoms with Crippen LogP contribution in [0.3, 0.4) is 0 Å². The Morgan fingerprint density at radius 1 is 1.08 bits per heavy atom. The lowest BCUT2D eigenvalue weighted by Gasteiger charge is -2.23. The fourth-order valence-corrected chi connectivity index (χ4v) is 2.77. The quantitative estimate of drug-likeness (QED) is 0.548. The molecule has 0 heterocycles. The monoisotopic (exact) mass is 357 g/mol. The van der Waals surface area contributed by atoms with Crippen LogP contribution in [0.15, 0.2) is 53.6 Å². The highest BCUT2D eigenvalue weighted by molar-refractivity contribution is 6.33. The highest BCUT2D eigenvalue weighted by atomic mass is 35.5. The average Bonchev–Trinajstić information content (AvgIpc) is 2.62. The SMILES string of the molecule is CCCN(CCC)c1ccc(/C=N\NC(=O)c2ccccc2Cl)cc1. The summed E-state index contributed by atoms with van der Waals surface area (Å²) in [6.07, 6.45) is 3.87. The van der Waals surface area contributed by atoms with Gasteiger partial charge in [0, 0.05) is 18.8 Å². The first-order chi connectivity index (χ1) is 12.2. The molecule has 0 fully saturated rings. The summed E-state index contributed by atoms with van der Waals surface area (Å²) in [4.78, 5) is 14.4. The van der Waals surface area contributed by atoms with Crippen LogP contribution >= 0.6 is 11.6 Å². The van der Waals surface area contributed by atoms with E-state index in [9.17, 15) is 4.79 Å². The van der Waals surface area contributed by atoms with Gasteiger partial charge in [0.1, 0.15) is 0 Å². The first-order valence-corrected chi connectivity index (χ1v) is 8.96. The van der Waals surface area contributed by atoms with E-state index in [0.717, 1.165) is 31.5 Å². The first kappa shape index (κ1) is 19.0. The Labute approximate surface area is 154 Å². The zero-order chi connectivity index (χ0) is 18.1. The largest absolute Gasteiger partial charge is 0.372 e. The van der Waals surface area contributed by atoms with Crippen molar-refractivity contribution in [1.82, 2.24) is 5.43 Å². The third-order valence-corrected chi connectivity index (χ3v) is 4.07. The molecule has 5 heteroatoms. The Bertz CT molecular complexity index is 707. The van der Waals surface area contributed by atoms with Crippen molar-refractivity contribution in [1.29, 1.82) is 0 Å². The minimum absolute atomic E-state index is 0.324. The van der Waals surface area contributed by atoms with Gasteiger partial charge < -0.3 is 4.90 Å². The van der Waals surface area contributed by atoms with Crippen LogP contribution in [-0.4, -0.2) is 25.2 Å². The molecular formula is C20H24ClN3O. The number of amides is 1. The topological polar surface area (TPSA) is 44.7 Å². The number of benzene rings is 2. The van der Waals surface area contributed by atoms with Crippen LogP contribution in [0.25, 0.3) is 0 Å². The van der Waals surface area contributed by atoms with Gasteiger partial charge in [-0.05, 0) is 42.7 Å². The number of carbonyl (C=O) groups excluding carboxylic acids is 1. The molecule has 2 rings (SSSR count). The number of rotatable bonds is 8. The number of nitrogens with zero attached hydrogens (tertiary/aromatic N) is 2. The predicted molar refractivity (Wildman–Crippen MR) is 106 cm³/mol. The Kier molecular flexibility index (Phi) is 7.48. The molecule has 25 heavy (non-hydrogen) atoms. The number of halogens is 1. The zero-order valence-corrected chi connectivity index (χ0v) is 15.5. The molecule has 0 aliphatic rings. The van der Waals surface area contributed by atoms with Gasteiger partial charge in [-0.25, -0.2) is 5.43 Å². The van der Waals surface area contributed by atoms with Crippen molar-refractivity contribution in [2.45, 2.75) is 26.7 Å². The van der Waals surface area contributed by atoms with Gasteiger partial charge in [-0.3, -0.25) is 4.79 Å². The number of nitrogens with one attached hydrogen (secondary N) is 1. The van der Waals surface area contributed by atoms with Crippen LogP contribution in [0.4, 0.5) is 5.69 Å². The van der Waals surface area contributed by atoms with E-state index in [4.69, 9.17) is 11.6 Å². The molecule has 0 unspecified atom stereocenters. The summed E-state index contributed by atoms with van der Waals surface area (Å²) in [7, 11) is 0. The highest BCUT2D eigenvalue weighted by Crippen LogP contribution is 2.16. The van der Waals surface area contributed by atoms with E-state index < -0.39 is 0 Å². The van der Waals surface area contributed by atoms with Gasteiger partial charge >= 0.3 is 0 Å². The normalized spacial score (nSPS) is 10.8. The highest BCUT2D eigenvalue weighted by Gasteiger charge is 2.08. The van der Waals surface area contributed by atoms with Crippen molar-refractivity contribution in [3.05, 3.63) is 64.7 Å². The maximum atomic E-state index is 12.0. The maximum absolute atomic E-state index is 12.0. The molecule has 0 aliphatic heterocycles. The van der Waals surface area contributed by atoms with Gasteiger partial charge in [-0.2, -0.15) is 5.10 Å². The van der Waals surface area contributed by atoms with Gasteiger partial charge in [0.15, 0.2) is 0 Å². The molecule has 0 bridgehead atoms. The van der Waals surface area contributed by atoms with E-state index in [1.165, 1.54) is 5.69 Å². The summed E-state index contributed by atoms with van der Waals surface area (Å²) in [5.41, 5.74) is 5.05. The molecule has 1 N–H and O–H groups in total. The minimum Gasteiger partial charge on any atom is -0.372 e. The molecule has 132 valence electrons. The van der Waals surface area contributed by atoms with Crippen LogP contribution in [0.1, 0.15) is 42.6 Å². The molecule has 1 amide bonds. The molecule has 4 nitrogen and oxygen atoms in total. The third-order valence-electron chi connectivity index (χ3n) is 3.74. The standard InChI is InChI=1S/C20H24ClN3O/c1-3-13-24(14-4-2)17-11-9-16(10-12-17)15-22-23-20(25)18-7-5-6-8-19(18)21/h5-12,15H,3-4,13-14H2,1-2H3,(H,23,25)/b22-15-. The molecule has 0 aromatic heterocycles. The summed E-state index contributed by atoms with van der Waals surface area (Å²) in [5, 5.41) is 4.42. The molecule has 0 aliphatic carbocycles. The van der Waals surface area contributed by atoms with E-state index in [-0.39, 0.29) is 5.91 Å². The van der Waals surface area contributed by atoms with Crippen LogP contribution in [0.2, 0.25) is 5.02 Å². The molecule has 2 aromatic carbocycles. The van der Waals surface area contributed by atoms with Gasteiger partial charge in [-0.15, -0.1) is 0 Å². The number of hydrazone groups is 1. The van der Waals surface area contributed by atoms with E-state index >= 15 is 0 Å². The van der Waals surface area contributed by atoms with Crippen LogP contribution in [-0.2, 0) is 0 Å². The van der Waals surface area contributed by atoms with Crippen LogP contribution < -0.4 is 10.3 Å². The Morgan fingerprint density at radius 3 is 2.32 bits per heavy atom. The Morgan fingerprint density at radius 2 is 1.72 bits per heavy atom. The van der Waals surface area contributed by atoms with Crippen molar-refractivity contribution in [2.24, 2.45) is 5.10 Å².